The van der Waals surface area contributed by atoms with Crippen molar-refractivity contribution >= 4 is 0 Å². The summed E-state index contributed by atoms with van der Waals surface area (Å²) >= 11 is 0. The normalized spacial score (nSPS) is 14.2. The lowest BCUT2D eigenvalue weighted by Gasteiger charge is -2.31. The van der Waals surface area contributed by atoms with Crippen molar-refractivity contribution in [3.63, 3.8) is 0 Å². The van der Waals surface area contributed by atoms with E-state index in [4.69, 9.17) is 15.0 Å². The minimum absolute atomic E-state index is 0.0206. The molecule has 7 aromatic rings. The molecule has 278 valence electrons. The second kappa shape index (κ2) is 14.7. The highest BCUT2D eigenvalue weighted by Crippen LogP contribution is 2.55. The zero-order valence-electron chi connectivity index (χ0n) is 31.1. The van der Waals surface area contributed by atoms with Crippen LogP contribution in [0.25, 0.3) is 67.5 Å². The van der Waals surface area contributed by atoms with Crippen LogP contribution in [0.15, 0.2) is 140 Å². The van der Waals surface area contributed by atoms with E-state index in [2.05, 4.69) is 84.9 Å². The van der Waals surface area contributed by atoms with Crippen molar-refractivity contribution in [1.29, 1.82) is 0 Å². The van der Waals surface area contributed by atoms with Gasteiger partial charge in [0.1, 0.15) is 0 Å². The molecule has 1 aromatic heterocycles. The van der Waals surface area contributed by atoms with E-state index in [1.165, 1.54) is 0 Å². The van der Waals surface area contributed by atoms with Gasteiger partial charge in [-0.3, -0.25) is 0 Å². The first kappa shape index (κ1) is 35.8. The maximum atomic E-state index is 10.4. The number of nitrogens with zero attached hydrogens (tertiary/aromatic N) is 3. The lowest BCUT2D eigenvalue weighted by Crippen LogP contribution is -2.28. The third kappa shape index (κ3) is 5.78. The number of hydrogen-bond donors (Lipinski definition) is 4. The molecule has 0 fully saturated rings. The van der Waals surface area contributed by atoms with Gasteiger partial charge in [-0.25, -0.2) is 15.0 Å². The minimum atomic E-state index is -0.560. The minimum Gasteiger partial charge on any atom is -0.396 e. The second-order valence-corrected chi connectivity index (χ2v) is 14.9. The van der Waals surface area contributed by atoms with E-state index >= 15 is 0 Å². The van der Waals surface area contributed by atoms with Crippen LogP contribution in [0.5, 0.6) is 0 Å². The average Bonchev–Trinajstić information content (AvgIpc) is 3.67. The summed E-state index contributed by atoms with van der Waals surface area (Å²) in [6.07, 6.45) is 1.90. The number of aromatic nitrogens is 3. The first-order valence-electron chi connectivity index (χ1n) is 19.4. The highest BCUT2D eigenvalue weighted by molar-refractivity contribution is 5.85. The summed E-state index contributed by atoms with van der Waals surface area (Å²) < 4.78 is 0. The number of hydrogen-bond acceptors (Lipinski definition) is 7. The summed E-state index contributed by atoms with van der Waals surface area (Å²) in [5, 5.41) is 41.4. The van der Waals surface area contributed by atoms with Gasteiger partial charge in [-0.05, 0) is 93.5 Å². The molecule has 0 bridgehead atoms. The molecule has 0 saturated carbocycles. The molecule has 1 heterocycles. The van der Waals surface area contributed by atoms with E-state index in [1.807, 2.05) is 54.6 Å². The second-order valence-electron chi connectivity index (χ2n) is 14.9. The zero-order valence-corrected chi connectivity index (χ0v) is 31.1. The van der Waals surface area contributed by atoms with Crippen molar-refractivity contribution in [3.8, 4) is 67.5 Å². The van der Waals surface area contributed by atoms with Gasteiger partial charge in [0.05, 0.1) is 0 Å². The molecular weight excluding hydrogens is 695 g/mol. The average molecular weight is 738 g/mol. The maximum Gasteiger partial charge on any atom is 0.164 e. The fourth-order valence-corrected chi connectivity index (χ4v) is 9.49. The molecule has 0 unspecified atom stereocenters. The molecule has 2 aliphatic carbocycles. The molecule has 0 saturated heterocycles. The first-order chi connectivity index (χ1) is 27.5. The monoisotopic (exact) mass is 737 g/mol. The maximum absolute atomic E-state index is 10.4. The highest BCUT2D eigenvalue weighted by Gasteiger charge is 2.44. The van der Waals surface area contributed by atoms with Crippen LogP contribution in [-0.2, 0) is 10.8 Å². The summed E-state index contributed by atoms with van der Waals surface area (Å²) in [6.45, 7) is -0.0822. The molecule has 56 heavy (non-hydrogen) atoms. The Morgan fingerprint density at radius 3 is 1.11 bits per heavy atom. The van der Waals surface area contributed by atoms with E-state index in [-0.39, 0.29) is 26.4 Å². The predicted molar refractivity (Wildman–Crippen MR) is 221 cm³/mol. The van der Waals surface area contributed by atoms with Crippen LogP contribution in [0.4, 0.5) is 0 Å². The Kier molecular flexibility index (Phi) is 9.39. The van der Waals surface area contributed by atoms with Gasteiger partial charge in [0.25, 0.3) is 0 Å². The van der Waals surface area contributed by atoms with Gasteiger partial charge >= 0.3 is 0 Å². The van der Waals surface area contributed by atoms with Crippen LogP contribution in [-0.4, -0.2) is 61.8 Å². The zero-order chi connectivity index (χ0) is 38.3. The van der Waals surface area contributed by atoms with Crippen LogP contribution in [0.2, 0.25) is 0 Å². The fraction of sp³-hybridized carbons (Fsp3) is 0.204. The van der Waals surface area contributed by atoms with Gasteiger partial charge in [0.2, 0.25) is 0 Å². The Bertz CT molecular complexity index is 2410. The SMILES string of the molecule is OCCC1(CCO)c2ccccc2-c2ccc(-c3nc(-c4ccc(-c5ccccc5)cc4)nc(-c4ccc5c(c4)C(CCO)(CCO)c4ccccc4-5)n3)cc21. The number of fused-ring (bicyclic) bond motifs is 6. The van der Waals surface area contributed by atoms with Crippen LogP contribution in [0, 0.1) is 0 Å². The molecular formula is C49H43N3O4. The van der Waals surface area contributed by atoms with Crippen LogP contribution >= 0.6 is 0 Å². The van der Waals surface area contributed by atoms with E-state index in [1.54, 1.807) is 0 Å². The molecule has 0 atom stereocenters. The van der Waals surface area contributed by atoms with Crippen molar-refractivity contribution < 1.29 is 20.4 Å². The lowest BCUT2D eigenvalue weighted by molar-refractivity contribution is 0.212. The molecule has 6 aromatic carbocycles. The van der Waals surface area contributed by atoms with Crippen molar-refractivity contribution in [1.82, 2.24) is 15.0 Å². The molecule has 0 amide bonds. The van der Waals surface area contributed by atoms with Crippen molar-refractivity contribution in [2.75, 3.05) is 26.4 Å². The molecule has 7 heteroatoms. The van der Waals surface area contributed by atoms with Gasteiger partial charge in [-0.2, -0.15) is 0 Å². The Labute approximate surface area is 326 Å². The molecule has 0 spiro atoms. The molecule has 2 aliphatic rings. The van der Waals surface area contributed by atoms with Gasteiger partial charge < -0.3 is 20.4 Å². The van der Waals surface area contributed by atoms with E-state index in [9.17, 15) is 20.4 Å². The van der Waals surface area contributed by atoms with E-state index in [0.717, 1.165) is 72.3 Å². The number of aliphatic hydroxyl groups excluding tert-OH is 4. The molecule has 4 N–H and O–H groups in total. The Balaban J connectivity index is 1.22. The van der Waals surface area contributed by atoms with Crippen molar-refractivity contribution in [3.05, 3.63) is 162 Å². The van der Waals surface area contributed by atoms with Gasteiger partial charge in [0.15, 0.2) is 17.5 Å². The number of rotatable bonds is 12. The summed E-state index contributed by atoms with van der Waals surface area (Å²) in [7, 11) is 0. The summed E-state index contributed by atoms with van der Waals surface area (Å²) in [4.78, 5) is 15.4. The fourth-order valence-electron chi connectivity index (χ4n) is 9.49. The Morgan fingerprint density at radius 1 is 0.321 bits per heavy atom. The van der Waals surface area contributed by atoms with E-state index in [0.29, 0.717) is 43.2 Å². The Morgan fingerprint density at radius 2 is 0.661 bits per heavy atom. The summed E-state index contributed by atoms with van der Waals surface area (Å²) in [6, 6.07) is 47.7. The first-order valence-corrected chi connectivity index (χ1v) is 19.4. The van der Waals surface area contributed by atoms with Gasteiger partial charge in [-0.1, -0.05) is 127 Å². The van der Waals surface area contributed by atoms with E-state index < -0.39 is 10.8 Å². The smallest absolute Gasteiger partial charge is 0.164 e. The van der Waals surface area contributed by atoms with Crippen LogP contribution in [0.3, 0.4) is 0 Å². The van der Waals surface area contributed by atoms with Gasteiger partial charge in [0, 0.05) is 53.9 Å². The topological polar surface area (TPSA) is 120 Å². The lowest BCUT2D eigenvalue weighted by atomic mass is 9.73. The largest absolute Gasteiger partial charge is 0.396 e. The summed E-state index contributed by atoms with van der Waals surface area (Å²) in [5.74, 6) is 1.56. The van der Waals surface area contributed by atoms with Crippen LogP contribution in [0.1, 0.15) is 47.9 Å². The van der Waals surface area contributed by atoms with Crippen molar-refractivity contribution in [2.24, 2.45) is 0 Å². The third-order valence-electron chi connectivity index (χ3n) is 12.1. The number of aliphatic hydroxyl groups is 4. The Hall–Kier alpha value is -5.83. The predicted octanol–water partition coefficient (Wildman–Crippen LogP) is 8.60. The van der Waals surface area contributed by atoms with Crippen LogP contribution < -0.4 is 0 Å². The standard InChI is InChI=1S/C49H43N3O4/c53-26-22-48(23-27-54)41-12-6-4-10-37(41)39-20-18-35(30-43(39)48)46-50-45(34-16-14-33(15-17-34)32-8-2-1-3-9-32)51-47(52-46)36-19-21-40-38-11-5-7-13-42(38)49(24-28-55,25-29-56)44(40)31-36/h1-21,30-31,53-56H,22-29H2. The van der Waals surface area contributed by atoms with Crippen molar-refractivity contribution in [2.45, 2.75) is 36.5 Å². The molecule has 9 rings (SSSR count). The molecule has 7 nitrogen and oxygen atoms in total. The highest BCUT2D eigenvalue weighted by atomic mass is 16.3. The summed E-state index contributed by atoms with van der Waals surface area (Å²) in [5.41, 5.74) is 12.3. The molecule has 0 aliphatic heterocycles. The quantitative estimate of drug-likeness (QED) is 0.0992. The molecule has 0 radical (unpaired) electrons. The number of benzene rings is 6. The van der Waals surface area contributed by atoms with Gasteiger partial charge in [-0.15, -0.1) is 0 Å². The third-order valence-corrected chi connectivity index (χ3v) is 12.1.